The van der Waals surface area contributed by atoms with Crippen LogP contribution in [-0.2, 0) is 22.9 Å². The Morgan fingerprint density at radius 1 is 1.10 bits per heavy atom. The third kappa shape index (κ3) is 6.40. The van der Waals surface area contributed by atoms with Crippen molar-refractivity contribution in [3.05, 3.63) is 47.3 Å². The molecule has 1 aromatic carbocycles. The van der Waals surface area contributed by atoms with Crippen LogP contribution in [0.25, 0.3) is 0 Å². The fourth-order valence-electron chi connectivity index (χ4n) is 2.83. The lowest BCUT2D eigenvalue weighted by molar-refractivity contribution is -0.142. The van der Waals surface area contributed by atoms with E-state index in [0.717, 1.165) is 5.56 Å². The Kier molecular flexibility index (Phi) is 6.73. The van der Waals surface area contributed by atoms with Crippen LogP contribution >= 0.6 is 0 Å². The van der Waals surface area contributed by atoms with Crippen molar-refractivity contribution in [3.8, 4) is 5.75 Å². The predicted octanol–water partition coefficient (Wildman–Crippen LogP) is 4.76. The van der Waals surface area contributed by atoms with E-state index >= 15 is 0 Å². The van der Waals surface area contributed by atoms with Crippen molar-refractivity contribution in [2.75, 3.05) is 13.7 Å². The fourth-order valence-corrected chi connectivity index (χ4v) is 2.83. The van der Waals surface area contributed by atoms with Gasteiger partial charge < -0.3 is 14.8 Å². The zero-order valence-electron chi connectivity index (χ0n) is 18.1. The highest BCUT2D eigenvalue weighted by molar-refractivity contribution is 5.67. The molecule has 0 aliphatic rings. The van der Waals surface area contributed by atoms with Crippen molar-refractivity contribution in [2.45, 2.75) is 58.4 Å². The normalized spacial score (nSPS) is 12.6. The van der Waals surface area contributed by atoms with Gasteiger partial charge in [-0.25, -0.2) is 4.79 Å². The van der Waals surface area contributed by atoms with Crippen LogP contribution in [0.2, 0.25) is 0 Å². The maximum Gasteiger partial charge on any atom is 0.435 e. The number of nitrogens with zero attached hydrogens (tertiary/aromatic N) is 2. The van der Waals surface area contributed by atoms with Crippen LogP contribution in [0.3, 0.4) is 0 Å². The number of hydrogen-bond donors (Lipinski definition) is 1. The van der Waals surface area contributed by atoms with E-state index in [2.05, 4.69) is 10.4 Å². The highest BCUT2D eigenvalue weighted by Crippen LogP contribution is 2.36. The van der Waals surface area contributed by atoms with Gasteiger partial charge in [0.05, 0.1) is 13.7 Å². The van der Waals surface area contributed by atoms with Crippen LogP contribution in [-0.4, -0.2) is 35.1 Å². The molecule has 0 atom stereocenters. The van der Waals surface area contributed by atoms with Gasteiger partial charge in [0.2, 0.25) is 0 Å². The van der Waals surface area contributed by atoms with Gasteiger partial charge in [0.25, 0.3) is 0 Å². The van der Waals surface area contributed by atoms with Crippen molar-refractivity contribution < 1.29 is 27.4 Å². The number of halogens is 3. The van der Waals surface area contributed by atoms with Crippen molar-refractivity contribution in [2.24, 2.45) is 0 Å². The van der Waals surface area contributed by atoms with Crippen LogP contribution in [0.1, 0.15) is 51.4 Å². The lowest BCUT2D eigenvalue weighted by Gasteiger charge is -2.27. The minimum absolute atomic E-state index is 0.000398. The number of carbonyl (C=O) groups is 1. The first-order valence-corrected chi connectivity index (χ1v) is 9.46. The average molecular weight is 427 g/mol. The van der Waals surface area contributed by atoms with E-state index in [1.165, 1.54) is 18.0 Å². The molecular weight excluding hydrogens is 399 g/mol. The highest BCUT2D eigenvalue weighted by atomic mass is 19.4. The number of benzene rings is 1. The molecule has 166 valence electrons. The number of methoxy groups -OCH3 is 1. The number of alkyl halides is 3. The maximum atomic E-state index is 13.6. The molecule has 1 N–H and O–H groups in total. The number of carbonyl (C=O) groups excluding carboxylic acids is 1. The standard InChI is InChI=1S/C21H28F3N3O3/c1-19(2,3)30-18(28)25-13-20(4,5)16-12-27(26-17(16)21(22,23)24)11-14-7-9-15(29-6)10-8-14/h7-10,12H,11,13H2,1-6H3,(H,25,28). The molecule has 0 bridgehead atoms. The molecule has 0 radical (unpaired) electrons. The number of ether oxygens (including phenoxy) is 2. The van der Waals surface area contributed by atoms with Gasteiger partial charge in [-0.3, -0.25) is 4.68 Å². The molecule has 6 nitrogen and oxygen atoms in total. The monoisotopic (exact) mass is 427 g/mol. The maximum absolute atomic E-state index is 13.6. The first-order chi connectivity index (χ1) is 13.7. The minimum Gasteiger partial charge on any atom is -0.497 e. The van der Waals surface area contributed by atoms with Crippen LogP contribution in [0.4, 0.5) is 18.0 Å². The SMILES string of the molecule is COc1ccc(Cn2cc(C(C)(C)CNC(=O)OC(C)(C)C)c(C(F)(F)F)n2)cc1. The minimum atomic E-state index is -4.62. The summed E-state index contributed by atoms with van der Waals surface area (Å²) in [6.45, 7) is 8.50. The second-order valence-corrected chi connectivity index (χ2v) is 8.67. The summed E-state index contributed by atoms with van der Waals surface area (Å²) in [6.07, 6.45) is -3.93. The van der Waals surface area contributed by atoms with Gasteiger partial charge in [-0.15, -0.1) is 0 Å². The summed E-state index contributed by atoms with van der Waals surface area (Å²) >= 11 is 0. The van der Waals surface area contributed by atoms with Gasteiger partial charge in [-0.2, -0.15) is 18.3 Å². The first-order valence-electron chi connectivity index (χ1n) is 9.46. The van der Waals surface area contributed by atoms with E-state index in [4.69, 9.17) is 9.47 Å². The molecule has 2 rings (SSSR count). The Morgan fingerprint density at radius 3 is 2.20 bits per heavy atom. The average Bonchev–Trinajstić information content (AvgIpc) is 3.05. The number of amides is 1. The van der Waals surface area contributed by atoms with Crippen molar-refractivity contribution in [3.63, 3.8) is 0 Å². The molecule has 0 aliphatic heterocycles. The van der Waals surface area contributed by atoms with Gasteiger partial charge in [0.15, 0.2) is 5.69 Å². The highest BCUT2D eigenvalue weighted by Gasteiger charge is 2.41. The summed E-state index contributed by atoms with van der Waals surface area (Å²) < 4.78 is 52.5. The zero-order chi connectivity index (χ0) is 22.7. The Labute approximate surface area is 174 Å². The summed E-state index contributed by atoms with van der Waals surface area (Å²) in [5.41, 5.74) is -1.91. The summed E-state index contributed by atoms with van der Waals surface area (Å²) in [5, 5.41) is 6.34. The third-order valence-corrected chi connectivity index (χ3v) is 4.34. The Balaban J connectivity index is 2.25. The zero-order valence-corrected chi connectivity index (χ0v) is 18.1. The molecule has 1 heterocycles. The summed E-state index contributed by atoms with van der Waals surface area (Å²) in [4.78, 5) is 11.9. The van der Waals surface area contributed by atoms with Crippen molar-refractivity contribution in [1.29, 1.82) is 0 Å². The van der Waals surface area contributed by atoms with E-state index in [1.807, 2.05) is 0 Å². The number of nitrogens with one attached hydrogen (secondary N) is 1. The number of alkyl carbamates (subject to hydrolysis) is 1. The van der Waals surface area contributed by atoms with E-state index in [-0.39, 0.29) is 18.7 Å². The Morgan fingerprint density at radius 2 is 1.70 bits per heavy atom. The summed E-state index contributed by atoms with van der Waals surface area (Å²) in [6, 6.07) is 7.00. The van der Waals surface area contributed by atoms with Gasteiger partial charge in [0.1, 0.15) is 11.4 Å². The van der Waals surface area contributed by atoms with Gasteiger partial charge >= 0.3 is 12.3 Å². The van der Waals surface area contributed by atoms with Gasteiger partial charge in [-0.1, -0.05) is 26.0 Å². The Hall–Kier alpha value is -2.71. The molecule has 2 aromatic rings. The predicted molar refractivity (Wildman–Crippen MR) is 107 cm³/mol. The molecule has 0 fully saturated rings. The van der Waals surface area contributed by atoms with E-state index in [1.54, 1.807) is 58.9 Å². The van der Waals surface area contributed by atoms with E-state index in [0.29, 0.717) is 5.75 Å². The molecule has 0 unspecified atom stereocenters. The summed E-state index contributed by atoms with van der Waals surface area (Å²) in [7, 11) is 1.54. The number of aromatic nitrogens is 2. The van der Waals surface area contributed by atoms with E-state index < -0.39 is 29.0 Å². The molecule has 0 saturated carbocycles. The lowest BCUT2D eigenvalue weighted by atomic mass is 9.84. The second kappa shape index (κ2) is 8.57. The van der Waals surface area contributed by atoms with Gasteiger partial charge in [-0.05, 0) is 38.5 Å². The topological polar surface area (TPSA) is 65.4 Å². The van der Waals surface area contributed by atoms with Crippen LogP contribution < -0.4 is 10.1 Å². The molecule has 1 amide bonds. The van der Waals surface area contributed by atoms with E-state index in [9.17, 15) is 18.0 Å². The number of rotatable bonds is 6. The lowest BCUT2D eigenvalue weighted by Crippen LogP contribution is -2.40. The van der Waals surface area contributed by atoms with Gasteiger partial charge in [0, 0.05) is 23.7 Å². The molecule has 0 aliphatic carbocycles. The van der Waals surface area contributed by atoms with Crippen LogP contribution in [0.5, 0.6) is 5.75 Å². The molecule has 1 aromatic heterocycles. The second-order valence-electron chi connectivity index (χ2n) is 8.67. The molecule has 0 spiro atoms. The molecule has 9 heteroatoms. The van der Waals surface area contributed by atoms with Crippen molar-refractivity contribution >= 4 is 6.09 Å². The molecular formula is C21H28F3N3O3. The first kappa shape index (κ1) is 23.6. The van der Waals surface area contributed by atoms with Crippen LogP contribution in [0, 0.1) is 0 Å². The number of hydrogen-bond acceptors (Lipinski definition) is 4. The largest absolute Gasteiger partial charge is 0.497 e. The van der Waals surface area contributed by atoms with Crippen LogP contribution in [0.15, 0.2) is 30.5 Å². The van der Waals surface area contributed by atoms with Crippen molar-refractivity contribution in [1.82, 2.24) is 15.1 Å². The quantitative estimate of drug-likeness (QED) is 0.722. The fraction of sp³-hybridized carbons (Fsp3) is 0.524. The third-order valence-electron chi connectivity index (χ3n) is 4.34. The summed E-state index contributed by atoms with van der Waals surface area (Å²) in [5.74, 6) is 0.658. The Bertz CT molecular complexity index is 866. The molecule has 30 heavy (non-hydrogen) atoms. The molecule has 0 saturated heterocycles. The smallest absolute Gasteiger partial charge is 0.435 e.